The maximum atomic E-state index is 2.58. The topological polar surface area (TPSA) is 0 Å². The van der Waals surface area contributed by atoms with Crippen molar-refractivity contribution in [2.75, 3.05) is 25.2 Å². The lowest BCUT2D eigenvalue weighted by molar-refractivity contribution is 0.694. The maximum absolute atomic E-state index is 2.58. The Morgan fingerprint density at radius 1 is 1.07 bits per heavy atom. The van der Waals surface area contributed by atoms with Crippen molar-refractivity contribution >= 4 is 15.8 Å². The smallest absolute Gasteiger partial charge is 0.0141 e. The minimum absolute atomic E-state index is 0.435. The first-order valence-corrected chi connectivity index (χ1v) is 10.6. The van der Waals surface area contributed by atoms with Crippen LogP contribution in [0.15, 0.2) is 0 Å². The fourth-order valence-electron chi connectivity index (χ4n) is 3.35. The third-order valence-corrected chi connectivity index (χ3v) is 10.6. The summed E-state index contributed by atoms with van der Waals surface area (Å²) in [6.07, 6.45) is 14.1. The van der Waals surface area contributed by atoms with Gasteiger partial charge < -0.3 is 0 Å². The zero-order valence-electron chi connectivity index (χ0n) is 10.4. The van der Waals surface area contributed by atoms with Crippen LogP contribution in [-0.4, -0.2) is 36.5 Å². The fraction of sp³-hybridized carbons (Fsp3) is 1.00. The molecule has 0 N–H and O–H groups in total. The van der Waals surface area contributed by atoms with Crippen molar-refractivity contribution in [3.8, 4) is 0 Å². The summed E-state index contributed by atoms with van der Waals surface area (Å²) in [4.78, 5) is 0. The Kier molecular flexibility index (Phi) is 4.91. The molecule has 88 valence electrons. The number of hydrogen-bond acceptors (Lipinski definition) is 0. The second kappa shape index (κ2) is 5.97. The highest BCUT2D eigenvalue weighted by atomic mass is 31.1. The van der Waals surface area contributed by atoms with Crippen LogP contribution >= 0.6 is 15.8 Å². The molecule has 15 heavy (non-hydrogen) atoms. The average molecular weight is 244 g/mol. The highest BCUT2D eigenvalue weighted by molar-refractivity contribution is 7.62. The molecule has 2 heteroatoms. The molecule has 0 nitrogen and oxygen atoms in total. The van der Waals surface area contributed by atoms with Crippen molar-refractivity contribution in [1.82, 2.24) is 0 Å². The van der Waals surface area contributed by atoms with E-state index in [1.54, 1.807) is 44.2 Å². The lowest BCUT2D eigenvalue weighted by atomic mass is 10.1. The summed E-state index contributed by atoms with van der Waals surface area (Å²) >= 11 is 0. The standard InChI is InChI=1S/C13H26P2/c1-3-4-10-15-11-6-8-13(15)12-7-5-9-14(12)2/h12-13H,3-11H2,1-2H3/t12-,13-,14?,15+/m1/s1. The van der Waals surface area contributed by atoms with E-state index in [0.29, 0.717) is 15.8 Å². The van der Waals surface area contributed by atoms with E-state index in [9.17, 15) is 0 Å². The second-order valence-electron chi connectivity index (χ2n) is 5.29. The normalized spacial score (nSPS) is 41.2. The van der Waals surface area contributed by atoms with Crippen molar-refractivity contribution in [3.05, 3.63) is 0 Å². The first kappa shape index (κ1) is 12.3. The van der Waals surface area contributed by atoms with Crippen molar-refractivity contribution in [2.45, 2.75) is 56.8 Å². The lowest BCUT2D eigenvalue weighted by Gasteiger charge is -2.29. The average Bonchev–Trinajstić information content (AvgIpc) is 2.82. The van der Waals surface area contributed by atoms with E-state index in [-0.39, 0.29) is 0 Å². The van der Waals surface area contributed by atoms with Crippen LogP contribution in [0.3, 0.4) is 0 Å². The Morgan fingerprint density at radius 3 is 2.47 bits per heavy atom. The van der Waals surface area contributed by atoms with E-state index < -0.39 is 0 Å². The van der Waals surface area contributed by atoms with Gasteiger partial charge in [0.2, 0.25) is 0 Å². The van der Waals surface area contributed by atoms with Crippen molar-refractivity contribution in [1.29, 1.82) is 0 Å². The van der Waals surface area contributed by atoms with Gasteiger partial charge >= 0.3 is 0 Å². The van der Waals surface area contributed by atoms with Gasteiger partial charge in [-0.25, -0.2) is 0 Å². The Morgan fingerprint density at radius 2 is 1.80 bits per heavy atom. The third kappa shape index (κ3) is 2.95. The van der Waals surface area contributed by atoms with Gasteiger partial charge in [-0.3, -0.25) is 0 Å². The van der Waals surface area contributed by atoms with Crippen LogP contribution in [0.4, 0.5) is 0 Å². The Balaban J connectivity index is 1.89. The molecule has 0 aliphatic carbocycles. The summed E-state index contributed by atoms with van der Waals surface area (Å²) < 4.78 is 0. The van der Waals surface area contributed by atoms with Crippen LogP contribution < -0.4 is 0 Å². The van der Waals surface area contributed by atoms with Gasteiger partial charge in [-0.1, -0.05) is 13.3 Å². The largest absolute Gasteiger partial charge is 0.106 e. The summed E-state index contributed by atoms with van der Waals surface area (Å²) in [6.45, 7) is 4.93. The van der Waals surface area contributed by atoms with Crippen molar-refractivity contribution in [2.24, 2.45) is 0 Å². The highest BCUT2D eigenvalue weighted by Crippen LogP contribution is 2.61. The zero-order valence-corrected chi connectivity index (χ0v) is 12.2. The molecule has 2 aliphatic rings. The molecule has 0 spiro atoms. The Bertz CT molecular complexity index is 193. The van der Waals surface area contributed by atoms with Crippen molar-refractivity contribution < 1.29 is 0 Å². The molecule has 2 fully saturated rings. The van der Waals surface area contributed by atoms with Gasteiger partial charge in [0.05, 0.1) is 0 Å². The predicted octanol–water partition coefficient (Wildman–Crippen LogP) is 4.70. The van der Waals surface area contributed by atoms with Crippen LogP contribution in [0, 0.1) is 0 Å². The Hall–Kier alpha value is 0.860. The number of rotatable bonds is 4. The molecule has 0 aromatic rings. The van der Waals surface area contributed by atoms with Crippen LogP contribution in [0.1, 0.15) is 45.4 Å². The molecule has 0 saturated carbocycles. The van der Waals surface area contributed by atoms with Gasteiger partial charge in [0, 0.05) is 0 Å². The summed E-state index contributed by atoms with van der Waals surface area (Å²) in [7, 11) is 0.899. The van der Waals surface area contributed by atoms with Crippen LogP contribution in [0.25, 0.3) is 0 Å². The van der Waals surface area contributed by atoms with Gasteiger partial charge in [0.1, 0.15) is 0 Å². The van der Waals surface area contributed by atoms with Gasteiger partial charge in [-0.2, -0.15) is 0 Å². The minimum Gasteiger partial charge on any atom is -0.106 e. The highest BCUT2D eigenvalue weighted by Gasteiger charge is 2.37. The molecule has 0 bridgehead atoms. The van der Waals surface area contributed by atoms with Gasteiger partial charge in [0.25, 0.3) is 0 Å². The number of unbranched alkanes of at least 4 members (excludes halogenated alkanes) is 1. The molecule has 2 rings (SSSR count). The first-order valence-electron chi connectivity index (χ1n) is 6.77. The van der Waals surface area contributed by atoms with Crippen LogP contribution in [-0.2, 0) is 0 Å². The van der Waals surface area contributed by atoms with Gasteiger partial charge in [-0.05, 0) is 68.6 Å². The van der Waals surface area contributed by atoms with E-state index in [0.717, 1.165) is 0 Å². The van der Waals surface area contributed by atoms with Crippen LogP contribution in [0.2, 0.25) is 0 Å². The molecule has 1 unspecified atom stereocenters. The molecule has 0 aromatic heterocycles. The van der Waals surface area contributed by atoms with Crippen molar-refractivity contribution in [3.63, 3.8) is 0 Å². The Labute approximate surface area is 98.1 Å². The molecule has 2 heterocycles. The maximum Gasteiger partial charge on any atom is -0.0141 e. The molecule has 0 aromatic carbocycles. The zero-order chi connectivity index (χ0) is 10.7. The SMILES string of the molecule is CCCC[P@@]1CCC[C@@H]1[C@H]1CCCP1C. The summed E-state index contributed by atoms with van der Waals surface area (Å²) in [5.74, 6) is 0. The summed E-state index contributed by atoms with van der Waals surface area (Å²) in [5.41, 5.74) is 2.41. The summed E-state index contributed by atoms with van der Waals surface area (Å²) in [5, 5.41) is 0. The molecule has 0 amide bonds. The third-order valence-electron chi connectivity index (χ3n) is 4.23. The second-order valence-corrected chi connectivity index (χ2v) is 10.6. The quantitative estimate of drug-likeness (QED) is 0.628. The van der Waals surface area contributed by atoms with E-state index in [4.69, 9.17) is 0 Å². The molecular weight excluding hydrogens is 218 g/mol. The molecule has 0 radical (unpaired) electrons. The van der Waals surface area contributed by atoms with Gasteiger partial charge in [0.15, 0.2) is 0 Å². The monoisotopic (exact) mass is 244 g/mol. The molecule has 2 saturated heterocycles. The first-order chi connectivity index (χ1) is 7.33. The molecule has 2 aliphatic heterocycles. The van der Waals surface area contributed by atoms with E-state index in [1.807, 2.05) is 0 Å². The molecular formula is C13H26P2. The minimum atomic E-state index is 0.435. The lowest BCUT2D eigenvalue weighted by Crippen LogP contribution is -2.18. The molecule has 4 atom stereocenters. The van der Waals surface area contributed by atoms with E-state index in [2.05, 4.69) is 13.6 Å². The van der Waals surface area contributed by atoms with Crippen LogP contribution in [0.5, 0.6) is 0 Å². The van der Waals surface area contributed by atoms with E-state index in [1.165, 1.54) is 24.2 Å². The fourth-order valence-corrected chi connectivity index (χ4v) is 10.4. The summed E-state index contributed by atoms with van der Waals surface area (Å²) in [6, 6.07) is 0. The number of hydrogen-bond donors (Lipinski definition) is 0. The van der Waals surface area contributed by atoms with E-state index >= 15 is 0 Å². The predicted molar refractivity (Wildman–Crippen MR) is 75.3 cm³/mol. The van der Waals surface area contributed by atoms with Gasteiger partial charge in [-0.15, -0.1) is 15.8 Å².